The van der Waals surface area contributed by atoms with Gasteiger partial charge in [-0.05, 0) is 44.9 Å². The van der Waals surface area contributed by atoms with E-state index in [4.69, 9.17) is 12.9 Å². The van der Waals surface area contributed by atoms with E-state index in [2.05, 4.69) is 39.4 Å². The molecule has 1 aliphatic carbocycles. The third-order valence-corrected chi connectivity index (χ3v) is 12.5. The Balaban J connectivity index is 1.50. The number of piperidine rings is 1. The first-order valence-electron chi connectivity index (χ1n) is 17.3. The summed E-state index contributed by atoms with van der Waals surface area (Å²) < 4.78 is 8.55. The van der Waals surface area contributed by atoms with Crippen LogP contribution in [-0.4, -0.2) is 85.3 Å². The molecule has 258 valence electrons. The van der Waals surface area contributed by atoms with Crippen LogP contribution >= 0.6 is 32.4 Å². The van der Waals surface area contributed by atoms with Crippen LogP contribution in [0.1, 0.15) is 97.7 Å². The van der Waals surface area contributed by atoms with Gasteiger partial charge in [0.05, 0.1) is 0 Å². The van der Waals surface area contributed by atoms with Crippen molar-refractivity contribution in [1.29, 1.82) is 0 Å². The molecule has 8 atom stereocenters. The number of para-hydroxylation sites is 2. The van der Waals surface area contributed by atoms with Gasteiger partial charge in [0, 0.05) is 18.1 Å². The smallest absolute Gasteiger partial charge is 0.0838 e. The van der Waals surface area contributed by atoms with Crippen LogP contribution in [0.3, 0.4) is 0 Å². The maximum atomic E-state index is 14.7. The molecule has 3 aliphatic rings. The SMILES string of the molecule is CC[C@H]1CC(N2C3CCC2CC(n2c(=O)c(/C(=N/OCC(C)C(=O)[N](P)[Tl])C(C)CC(C)C(=O)OI)nc4ccccc42)C3)CC=C1C. The molecule has 48 heavy (non-hydrogen) atoms. The third-order valence-electron chi connectivity index (χ3n) is 10.8. The first kappa shape index (κ1) is 37.8. The van der Waals surface area contributed by atoms with Crippen molar-refractivity contribution in [3.05, 3.63) is 52.0 Å². The molecule has 0 spiro atoms. The summed E-state index contributed by atoms with van der Waals surface area (Å²) in [5, 5.41) is 4.51. The van der Waals surface area contributed by atoms with E-state index in [1.165, 1.54) is 18.4 Å². The van der Waals surface area contributed by atoms with Crippen LogP contribution in [0.5, 0.6) is 0 Å². The average molecular weight is 981 g/mol. The van der Waals surface area contributed by atoms with E-state index in [1.807, 2.05) is 35.8 Å². The van der Waals surface area contributed by atoms with Crippen molar-refractivity contribution in [3.63, 3.8) is 0 Å². The molecular formula is C35H48IN5O5PTl. The second kappa shape index (κ2) is 16.7. The van der Waals surface area contributed by atoms with Crippen molar-refractivity contribution in [2.24, 2.45) is 28.8 Å². The van der Waals surface area contributed by atoms with Crippen LogP contribution in [0.15, 0.2) is 45.9 Å². The Morgan fingerprint density at radius 2 is 1.77 bits per heavy atom. The maximum absolute atomic E-state index is 14.7. The van der Waals surface area contributed by atoms with Gasteiger partial charge in [-0.1, -0.05) is 24.6 Å². The van der Waals surface area contributed by atoms with Gasteiger partial charge in [0.25, 0.3) is 0 Å². The third kappa shape index (κ3) is 8.19. The van der Waals surface area contributed by atoms with Crippen LogP contribution in [0.2, 0.25) is 0 Å². The molecule has 0 radical (unpaired) electrons. The number of allylic oxidation sites excluding steroid dienone is 1. The summed E-state index contributed by atoms with van der Waals surface area (Å²) in [5.41, 5.74) is 3.52. The minimum Gasteiger partial charge on any atom is -0.0838 e. The molecule has 2 bridgehead atoms. The topological polar surface area (TPSA) is 106 Å². The van der Waals surface area contributed by atoms with E-state index in [1.54, 1.807) is 39.3 Å². The van der Waals surface area contributed by atoms with E-state index < -0.39 is 11.8 Å². The second-order valence-electron chi connectivity index (χ2n) is 14.1. The molecule has 13 heteroatoms. The number of carbonyl (C=O) groups excluding carboxylic acids is 2. The van der Waals surface area contributed by atoms with Crippen molar-refractivity contribution in [2.45, 2.75) is 110 Å². The normalized spacial score (nSPS) is 26.4. The van der Waals surface area contributed by atoms with Crippen molar-refractivity contribution >= 4 is 87.1 Å². The van der Waals surface area contributed by atoms with Crippen LogP contribution < -0.4 is 5.56 Å². The summed E-state index contributed by atoms with van der Waals surface area (Å²) in [5.74, 6) is -0.891. The zero-order chi connectivity index (χ0) is 34.7. The Labute approximate surface area is 316 Å². The van der Waals surface area contributed by atoms with Crippen LogP contribution in [0.25, 0.3) is 11.0 Å². The van der Waals surface area contributed by atoms with E-state index in [0.717, 1.165) is 43.1 Å². The summed E-state index contributed by atoms with van der Waals surface area (Å²) in [7, 11) is 2.44. The zero-order valence-electron chi connectivity index (χ0n) is 28.7. The number of halogens is 1. The molecule has 10 nitrogen and oxygen atoms in total. The zero-order valence-corrected chi connectivity index (χ0v) is 36.5. The van der Waals surface area contributed by atoms with Gasteiger partial charge in [0.15, 0.2) is 23.0 Å². The number of nitrogens with zero attached hydrogens (tertiary/aromatic N) is 5. The Hall–Kier alpha value is -1.45. The molecule has 0 saturated carbocycles. The molecule has 5 rings (SSSR count). The molecule has 2 saturated heterocycles. The van der Waals surface area contributed by atoms with Gasteiger partial charge in [0.2, 0.25) is 0 Å². The molecule has 0 N–H and O–H groups in total. The van der Waals surface area contributed by atoms with Crippen molar-refractivity contribution < 1.29 is 17.5 Å². The summed E-state index contributed by atoms with van der Waals surface area (Å²) in [4.78, 5) is 53.1. The number of amides is 1. The van der Waals surface area contributed by atoms with Gasteiger partial charge in [0.1, 0.15) is 0 Å². The quantitative estimate of drug-likeness (QED) is 0.0614. The summed E-state index contributed by atoms with van der Waals surface area (Å²) >= 11 is 1.96. The Morgan fingerprint density at radius 3 is 2.42 bits per heavy atom. The van der Waals surface area contributed by atoms with Crippen LogP contribution in [0.4, 0.5) is 0 Å². The van der Waals surface area contributed by atoms with Crippen LogP contribution in [0, 0.1) is 23.7 Å². The van der Waals surface area contributed by atoms with Crippen molar-refractivity contribution in [1.82, 2.24) is 16.9 Å². The van der Waals surface area contributed by atoms with E-state index in [0.29, 0.717) is 62.2 Å². The first-order valence-corrected chi connectivity index (χ1v) is 20.7. The predicted octanol–water partition coefficient (Wildman–Crippen LogP) is 6.31. The Kier molecular flexibility index (Phi) is 13.2. The van der Waals surface area contributed by atoms with Gasteiger partial charge in [-0.25, -0.2) is 0 Å². The summed E-state index contributed by atoms with van der Waals surface area (Å²) in [6.45, 7) is 10.2. The fraction of sp³-hybridized carbons (Fsp3) is 0.629. The fourth-order valence-corrected chi connectivity index (χ4v) is 9.91. The van der Waals surface area contributed by atoms with Gasteiger partial charge in [-0.2, -0.15) is 0 Å². The minimum atomic E-state index is -0.423. The van der Waals surface area contributed by atoms with E-state index in [9.17, 15) is 14.4 Å². The minimum absolute atomic E-state index is 0.0337. The number of oxime groups is 1. The van der Waals surface area contributed by atoms with Crippen LogP contribution in [-0.2, 0) is 17.5 Å². The predicted molar refractivity (Wildman–Crippen MR) is 201 cm³/mol. The Bertz CT molecular complexity index is 1600. The van der Waals surface area contributed by atoms with E-state index >= 15 is 0 Å². The molecule has 3 heterocycles. The van der Waals surface area contributed by atoms with Gasteiger partial charge in [-0.3, -0.25) is 4.90 Å². The number of rotatable bonds is 12. The van der Waals surface area contributed by atoms with Gasteiger partial charge in [-0.15, -0.1) is 0 Å². The van der Waals surface area contributed by atoms with E-state index in [-0.39, 0.29) is 41.7 Å². The molecule has 1 aromatic heterocycles. The molecule has 1 aromatic carbocycles. The Morgan fingerprint density at radius 1 is 1.08 bits per heavy atom. The van der Waals surface area contributed by atoms with Gasteiger partial charge >= 0.3 is 203 Å². The summed E-state index contributed by atoms with van der Waals surface area (Å²) in [6, 6.07) is 9.33. The number of hydrogen-bond donors (Lipinski definition) is 0. The number of benzene rings is 1. The van der Waals surface area contributed by atoms with Crippen molar-refractivity contribution in [3.8, 4) is 0 Å². The van der Waals surface area contributed by atoms with Gasteiger partial charge < -0.3 is 0 Å². The fourth-order valence-electron chi connectivity index (χ4n) is 8.23. The average Bonchev–Trinajstić information content (AvgIpc) is 3.34. The number of hydrogen-bond acceptors (Lipinski definition) is 8. The first-order chi connectivity index (χ1) is 22.9. The van der Waals surface area contributed by atoms with Crippen molar-refractivity contribution in [2.75, 3.05) is 6.61 Å². The molecule has 7 unspecified atom stereocenters. The molecular weight excluding hydrogens is 933 g/mol. The molecule has 2 aliphatic heterocycles. The second-order valence-corrected chi connectivity index (χ2v) is 19.6. The molecule has 1 amide bonds. The number of aromatic nitrogens is 2. The summed E-state index contributed by atoms with van der Waals surface area (Å²) in [6.07, 6.45) is 10.5. The molecule has 2 fully saturated rings. The molecule has 2 aromatic rings. The number of carbonyl (C=O) groups is 2. The number of fused-ring (bicyclic) bond motifs is 3. The monoisotopic (exact) mass is 981 g/mol. The standard InChI is InChI=1S/C35H49IN5O5P.Tl/c1-6-24-16-25(12-11-20(24)2)40-26-13-14-27(40)18-28(17-26)41-30-10-8-7-9-29(30)37-32(34(41)43)31(21(3)15-22(4)35(44)46-36)38-45-19-23(5)33(42)39-47;/h7-11,21-28H,6,12-19,47H2,1-5H3,(H,39,42);/q;+1/p-1/b38-31+;/t21?,22?,23?,24-,25?,26?,27?,28?;/m0./s1.